The fraction of sp³-hybridized carbons (Fsp3) is 0.308. The van der Waals surface area contributed by atoms with Crippen LogP contribution in [0.25, 0.3) is 11.3 Å². The quantitative estimate of drug-likeness (QED) is 0.788. The van der Waals surface area contributed by atoms with Crippen molar-refractivity contribution in [2.24, 2.45) is 0 Å². The Morgan fingerprint density at radius 1 is 1.27 bits per heavy atom. The van der Waals surface area contributed by atoms with E-state index in [2.05, 4.69) is 41.2 Å². The van der Waals surface area contributed by atoms with Crippen molar-refractivity contribution in [3.05, 3.63) is 41.9 Å². The average Bonchev–Trinajstić information content (AvgIpc) is 2.99. The summed E-state index contributed by atoms with van der Waals surface area (Å²) in [5, 5.41) is 0. The normalized spacial score (nSPS) is 15.5. The molecule has 1 saturated carbocycles. The highest BCUT2D eigenvalue weighted by Crippen LogP contribution is 2.39. The maximum Gasteiger partial charge on any atom is 0.109 e. The van der Waals surface area contributed by atoms with Gasteiger partial charge in [0.1, 0.15) is 5.82 Å². The van der Waals surface area contributed by atoms with Crippen LogP contribution in [0, 0.1) is 6.92 Å². The lowest BCUT2D eigenvalue weighted by Gasteiger charge is -2.01. The zero-order valence-electron chi connectivity index (χ0n) is 8.83. The van der Waals surface area contributed by atoms with Crippen molar-refractivity contribution in [3.8, 4) is 11.3 Å². The van der Waals surface area contributed by atoms with E-state index < -0.39 is 0 Å². The minimum Gasteiger partial charge on any atom is -0.342 e. The molecule has 0 amide bonds. The van der Waals surface area contributed by atoms with E-state index >= 15 is 0 Å². The van der Waals surface area contributed by atoms with E-state index in [0.717, 1.165) is 11.5 Å². The molecular weight excluding hydrogens is 184 g/mol. The molecule has 1 aromatic heterocycles. The van der Waals surface area contributed by atoms with Gasteiger partial charge in [-0.15, -0.1) is 0 Å². The molecule has 0 aliphatic heterocycles. The minimum atomic E-state index is 0.697. The Balaban J connectivity index is 2.01. The first kappa shape index (κ1) is 8.72. The second-order valence-electron chi connectivity index (χ2n) is 4.27. The topological polar surface area (TPSA) is 28.7 Å². The SMILES string of the molecule is Cc1ccccc1-c1cnc(C2CC2)[nH]1. The number of benzene rings is 1. The molecule has 1 fully saturated rings. The zero-order valence-corrected chi connectivity index (χ0v) is 8.83. The van der Waals surface area contributed by atoms with Crippen LogP contribution in [0.2, 0.25) is 0 Å². The highest BCUT2D eigenvalue weighted by atomic mass is 14.9. The van der Waals surface area contributed by atoms with Crippen molar-refractivity contribution >= 4 is 0 Å². The van der Waals surface area contributed by atoms with Gasteiger partial charge in [-0.2, -0.15) is 0 Å². The lowest BCUT2D eigenvalue weighted by Crippen LogP contribution is -1.84. The number of imidazole rings is 1. The summed E-state index contributed by atoms with van der Waals surface area (Å²) >= 11 is 0. The summed E-state index contributed by atoms with van der Waals surface area (Å²) in [6.45, 7) is 2.13. The van der Waals surface area contributed by atoms with E-state index in [1.54, 1.807) is 0 Å². The van der Waals surface area contributed by atoms with Crippen LogP contribution in [0.1, 0.15) is 30.1 Å². The maximum absolute atomic E-state index is 4.44. The molecule has 1 aliphatic carbocycles. The molecule has 0 radical (unpaired) electrons. The van der Waals surface area contributed by atoms with Crippen LogP contribution in [-0.4, -0.2) is 9.97 Å². The molecule has 2 heteroatoms. The summed E-state index contributed by atoms with van der Waals surface area (Å²) in [6.07, 6.45) is 4.54. The average molecular weight is 198 g/mol. The third-order valence-corrected chi connectivity index (χ3v) is 2.99. The third-order valence-electron chi connectivity index (χ3n) is 2.99. The van der Waals surface area contributed by atoms with Crippen molar-refractivity contribution in [2.75, 3.05) is 0 Å². The Bertz CT molecular complexity index is 481. The van der Waals surface area contributed by atoms with Gasteiger partial charge in [0.05, 0.1) is 11.9 Å². The van der Waals surface area contributed by atoms with Crippen LogP contribution in [0.15, 0.2) is 30.5 Å². The molecule has 2 nitrogen and oxygen atoms in total. The number of aromatic amines is 1. The third kappa shape index (κ3) is 1.56. The molecule has 0 spiro atoms. The van der Waals surface area contributed by atoms with Crippen molar-refractivity contribution in [3.63, 3.8) is 0 Å². The molecule has 1 N–H and O–H groups in total. The summed E-state index contributed by atoms with van der Waals surface area (Å²) in [5.74, 6) is 1.86. The predicted octanol–water partition coefficient (Wildman–Crippen LogP) is 3.26. The Kier molecular flexibility index (Phi) is 1.88. The van der Waals surface area contributed by atoms with Crippen LogP contribution < -0.4 is 0 Å². The highest BCUT2D eigenvalue weighted by molar-refractivity contribution is 5.62. The zero-order chi connectivity index (χ0) is 10.3. The monoisotopic (exact) mass is 198 g/mol. The second-order valence-corrected chi connectivity index (χ2v) is 4.27. The summed E-state index contributed by atoms with van der Waals surface area (Å²) in [6, 6.07) is 8.41. The molecule has 76 valence electrons. The summed E-state index contributed by atoms with van der Waals surface area (Å²) in [4.78, 5) is 7.86. The van der Waals surface area contributed by atoms with Crippen molar-refractivity contribution in [1.82, 2.24) is 9.97 Å². The van der Waals surface area contributed by atoms with Crippen LogP contribution >= 0.6 is 0 Å². The number of hydrogen-bond donors (Lipinski definition) is 1. The molecule has 0 unspecified atom stereocenters. The molecule has 0 saturated heterocycles. The van der Waals surface area contributed by atoms with E-state index in [-0.39, 0.29) is 0 Å². The molecule has 1 aliphatic rings. The van der Waals surface area contributed by atoms with Gasteiger partial charge in [-0.25, -0.2) is 4.98 Å². The van der Waals surface area contributed by atoms with Crippen molar-refractivity contribution in [1.29, 1.82) is 0 Å². The van der Waals surface area contributed by atoms with Crippen LogP contribution in [-0.2, 0) is 0 Å². The smallest absolute Gasteiger partial charge is 0.109 e. The highest BCUT2D eigenvalue weighted by Gasteiger charge is 2.26. The lowest BCUT2D eigenvalue weighted by atomic mass is 10.1. The van der Waals surface area contributed by atoms with Gasteiger partial charge in [0.2, 0.25) is 0 Å². The first-order valence-electron chi connectivity index (χ1n) is 5.45. The van der Waals surface area contributed by atoms with Gasteiger partial charge in [0.25, 0.3) is 0 Å². The number of nitrogens with zero attached hydrogens (tertiary/aromatic N) is 1. The van der Waals surface area contributed by atoms with Gasteiger partial charge in [-0.1, -0.05) is 24.3 Å². The molecule has 0 atom stereocenters. The Morgan fingerprint density at radius 2 is 2.07 bits per heavy atom. The van der Waals surface area contributed by atoms with Crippen LogP contribution in [0.3, 0.4) is 0 Å². The molecule has 2 aromatic rings. The lowest BCUT2D eigenvalue weighted by molar-refractivity contribution is 0.976. The second kappa shape index (κ2) is 3.23. The van der Waals surface area contributed by atoms with E-state index in [0.29, 0.717) is 5.92 Å². The summed E-state index contributed by atoms with van der Waals surface area (Å²) in [5.41, 5.74) is 3.70. The Morgan fingerprint density at radius 3 is 2.80 bits per heavy atom. The number of nitrogens with one attached hydrogen (secondary N) is 1. The number of hydrogen-bond acceptors (Lipinski definition) is 1. The fourth-order valence-electron chi connectivity index (χ4n) is 1.91. The van der Waals surface area contributed by atoms with E-state index in [1.165, 1.54) is 24.0 Å². The largest absolute Gasteiger partial charge is 0.342 e. The number of aromatic nitrogens is 2. The van der Waals surface area contributed by atoms with Crippen LogP contribution in [0.5, 0.6) is 0 Å². The van der Waals surface area contributed by atoms with Gasteiger partial charge >= 0.3 is 0 Å². The molecule has 15 heavy (non-hydrogen) atoms. The predicted molar refractivity (Wildman–Crippen MR) is 60.7 cm³/mol. The number of rotatable bonds is 2. The van der Waals surface area contributed by atoms with E-state index in [4.69, 9.17) is 0 Å². The molecule has 0 bridgehead atoms. The summed E-state index contributed by atoms with van der Waals surface area (Å²) < 4.78 is 0. The summed E-state index contributed by atoms with van der Waals surface area (Å²) in [7, 11) is 0. The van der Waals surface area contributed by atoms with Crippen molar-refractivity contribution < 1.29 is 0 Å². The number of H-pyrrole nitrogens is 1. The van der Waals surface area contributed by atoms with Crippen molar-refractivity contribution in [2.45, 2.75) is 25.7 Å². The first-order valence-corrected chi connectivity index (χ1v) is 5.45. The van der Waals surface area contributed by atoms with Gasteiger partial charge in [-0.05, 0) is 25.3 Å². The van der Waals surface area contributed by atoms with E-state index in [1.807, 2.05) is 6.20 Å². The molecule has 1 aromatic carbocycles. The minimum absolute atomic E-state index is 0.697. The maximum atomic E-state index is 4.44. The van der Waals surface area contributed by atoms with E-state index in [9.17, 15) is 0 Å². The Labute approximate surface area is 89.4 Å². The molecule has 3 rings (SSSR count). The van der Waals surface area contributed by atoms with Gasteiger partial charge in [0.15, 0.2) is 0 Å². The standard InChI is InChI=1S/C13H14N2/c1-9-4-2-3-5-11(9)12-8-14-13(15-12)10-6-7-10/h2-5,8,10H,6-7H2,1H3,(H,14,15). The van der Waals surface area contributed by atoms with Gasteiger partial charge in [-0.3, -0.25) is 0 Å². The van der Waals surface area contributed by atoms with Gasteiger partial charge < -0.3 is 4.98 Å². The van der Waals surface area contributed by atoms with Gasteiger partial charge in [0, 0.05) is 11.5 Å². The first-order chi connectivity index (χ1) is 7.34. The molecule has 1 heterocycles. The Hall–Kier alpha value is -1.57. The fourth-order valence-corrected chi connectivity index (χ4v) is 1.91. The van der Waals surface area contributed by atoms with Crippen LogP contribution in [0.4, 0.5) is 0 Å². The number of aryl methyl sites for hydroxylation is 1. The molecular formula is C13H14N2.